The largest absolute Gasteiger partial charge is 0.315 e. The minimum absolute atomic E-state index is 0.112. The van der Waals surface area contributed by atoms with Gasteiger partial charge in [-0.05, 0) is 26.0 Å². The lowest BCUT2D eigenvalue weighted by atomic mass is 10.2. The zero-order valence-electron chi connectivity index (χ0n) is 17.2. The Kier molecular flexibility index (Phi) is 4.96. The quantitative estimate of drug-likeness (QED) is 0.526. The summed E-state index contributed by atoms with van der Waals surface area (Å²) in [7, 11) is 1.90. The highest BCUT2D eigenvalue weighted by Gasteiger charge is 2.24. The zero-order chi connectivity index (χ0) is 20.7. The van der Waals surface area contributed by atoms with Gasteiger partial charge in [0.1, 0.15) is 11.9 Å². The van der Waals surface area contributed by atoms with Gasteiger partial charge in [-0.1, -0.05) is 26.0 Å². The molecule has 150 valence electrons. The number of carbonyl (C=O) groups excluding carboxylic acids is 1. The van der Waals surface area contributed by atoms with Crippen LogP contribution in [-0.4, -0.2) is 30.2 Å². The monoisotopic (exact) mass is 408 g/mol. The summed E-state index contributed by atoms with van der Waals surface area (Å²) in [6, 6.07) is 7.51. The van der Waals surface area contributed by atoms with E-state index in [0.717, 1.165) is 33.8 Å². The van der Waals surface area contributed by atoms with Crippen molar-refractivity contribution >= 4 is 33.4 Å². The van der Waals surface area contributed by atoms with Crippen LogP contribution in [0.3, 0.4) is 0 Å². The number of amides is 1. The second-order valence-electron chi connectivity index (χ2n) is 7.45. The summed E-state index contributed by atoms with van der Waals surface area (Å²) >= 11 is 1.41. The Balaban J connectivity index is 1.61. The molecule has 3 heterocycles. The maximum absolute atomic E-state index is 13.0. The molecule has 0 saturated heterocycles. The molecule has 7 nitrogen and oxygen atoms in total. The molecule has 1 unspecified atom stereocenters. The van der Waals surface area contributed by atoms with Crippen LogP contribution < -0.4 is 5.32 Å². The Morgan fingerprint density at radius 3 is 2.62 bits per heavy atom. The highest BCUT2D eigenvalue weighted by atomic mass is 32.1. The smallest absolute Gasteiger partial charge is 0.248 e. The third-order valence-corrected chi connectivity index (χ3v) is 5.91. The molecule has 0 spiro atoms. The third-order valence-electron chi connectivity index (χ3n) is 5.15. The first kappa shape index (κ1) is 19.3. The van der Waals surface area contributed by atoms with E-state index < -0.39 is 6.04 Å². The maximum Gasteiger partial charge on any atom is 0.248 e. The lowest BCUT2D eigenvalue weighted by Gasteiger charge is -2.18. The van der Waals surface area contributed by atoms with Crippen molar-refractivity contribution < 1.29 is 4.79 Å². The van der Waals surface area contributed by atoms with Crippen molar-refractivity contribution in [1.82, 2.24) is 24.3 Å². The predicted molar refractivity (Wildman–Crippen MR) is 116 cm³/mol. The Morgan fingerprint density at radius 1 is 1.17 bits per heavy atom. The number of anilines is 1. The fourth-order valence-corrected chi connectivity index (χ4v) is 4.12. The summed E-state index contributed by atoms with van der Waals surface area (Å²) in [5.74, 6) is 0.996. The number of fused-ring (bicyclic) bond motifs is 1. The topological polar surface area (TPSA) is 77.6 Å². The molecule has 8 heteroatoms. The molecule has 0 aliphatic carbocycles. The molecule has 1 N–H and O–H groups in total. The third kappa shape index (κ3) is 3.44. The van der Waals surface area contributed by atoms with E-state index in [0.29, 0.717) is 5.13 Å². The molecule has 29 heavy (non-hydrogen) atoms. The average Bonchev–Trinajstić information content (AvgIpc) is 3.39. The van der Waals surface area contributed by atoms with Gasteiger partial charge in [-0.2, -0.15) is 5.10 Å². The first-order chi connectivity index (χ1) is 13.9. The number of hydrogen-bond acceptors (Lipinski definition) is 5. The van der Waals surface area contributed by atoms with Crippen molar-refractivity contribution in [2.75, 3.05) is 5.32 Å². The van der Waals surface area contributed by atoms with Crippen LogP contribution in [0.15, 0.2) is 35.8 Å². The summed E-state index contributed by atoms with van der Waals surface area (Å²) in [5.41, 5.74) is 4.69. The van der Waals surface area contributed by atoms with Crippen molar-refractivity contribution in [2.24, 2.45) is 7.05 Å². The van der Waals surface area contributed by atoms with Crippen LogP contribution in [0.1, 0.15) is 44.2 Å². The van der Waals surface area contributed by atoms with Crippen molar-refractivity contribution in [3.8, 4) is 11.3 Å². The lowest BCUT2D eigenvalue weighted by Crippen LogP contribution is -2.25. The molecule has 0 fully saturated rings. The second kappa shape index (κ2) is 7.44. The van der Waals surface area contributed by atoms with Gasteiger partial charge in [0.25, 0.3) is 0 Å². The van der Waals surface area contributed by atoms with Gasteiger partial charge in [0.15, 0.2) is 5.13 Å². The summed E-state index contributed by atoms with van der Waals surface area (Å²) in [5, 5.41) is 9.75. The van der Waals surface area contributed by atoms with Crippen LogP contribution >= 0.6 is 11.3 Å². The number of benzene rings is 1. The first-order valence-electron chi connectivity index (χ1n) is 9.59. The Hall–Kier alpha value is -3.00. The lowest BCUT2D eigenvalue weighted by molar-refractivity contribution is -0.118. The maximum atomic E-state index is 13.0. The number of imidazole rings is 1. The van der Waals surface area contributed by atoms with Gasteiger partial charge in [0.2, 0.25) is 5.91 Å². The molecule has 4 rings (SSSR count). The summed E-state index contributed by atoms with van der Waals surface area (Å²) < 4.78 is 3.84. The molecule has 0 aliphatic heterocycles. The van der Waals surface area contributed by atoms with E-state index in [2.05, 4.69) is 29.2 Å². The molecule has 1 aromatic carbocycles. The minimum atomic E-state index is -0.410. The van der Waals surface area contributed by atoms with Gasteiger partial charge in [0, 0.05) is 29.6 Å². The molecular weight excluding hydrogens is 384 g/mol. The van der Waals surface area contributed by atoms with Gasteiger partial charge in [0.05, 0.1) is 22.9 Å². The number of para-hydroxylation sites is 2. The number of nitrogens with zero attached hydrogens (tertiary/aromatic N) is 5. The molecule has 0 bridgehead atoms. The van der Waals surface area contributed by atoms with Crippen LogP contribution in [0, 0.1) is 6.92 Å². The SMILES string of the molecule is Cc1c(-c2csc(NC(=O)C(C)n3c(C(C)C)nc4ccccc43)n2)cnn1C. The van der Waals surface area contributed by atoms with E-state index in [-0.39, 0.29) is 11.8 Å². The van der Waals surface area contributed by atoms with Gasteiger partial charge in [-0.25, -0.2) is 9.97 Å². The van der Waals surface area contributed by atoms with Crippen LogP contribution in [-0.2, 0) is 11.8 Å². The molecular formula is C21H24N6OS. The van der Waals surface area contributed by atoms with Gasteiger partial charge in [-0.3, -0.25) is 9.48 Å². The fourth-order valence-electron chi connectivity index (χ4n) is 3.41. The second-order valence-corrected chi connectivity index (χ2v) is 8.31. The molecule has 4 aromatic rings. The van der Waals surface area contributed by atoms with Crippen molar-refractivity contribution in [3.05, 3.63) is 47.4 Å². The number of carbonyl (C=O) groups is 1. The van der Waals surface area contributed by atoms with Crippen LogP contribution in [0.4, 0.5) is 5.13 Å². The summed E-state index contributed by atoms with van der Waals surface area (Å²) in [6.07, 6.45) is 1.80. The van der Waals surface area contributed by atoms with Crippen LogP contribution in [0.5, 0.6) is 0 Å². The number of hydrogen-bond donors (Lipinski definition) is 1. The van der Waals surface area contributed by atoms with E-state index in [1.807, 2.05) is 59.8 Å². The molecule has 1 atom stereocenters. The molecule has 0 radical (unpaired) electrons. The first-order valence-corrected chi connectivity index (χ1v) is 10.5. The predicted octanol–water partition coefficient (Wildman–Crippen LogP) is 4.52. The number of thiazole rings is 1. The van der Waals surface area contributed by atoms with Crippen molar-refractivity contribution in [3.63, 3.8) is 0 Å². The number of aromatic nitrogens is 5. The van der Waals surface area contributed by atoms with Gasteiger partial charge >= 0.3 is 0 Å². The normalized spacial score (nSPS) is 12.6. The van der Waals surface area contributed by atoms with E-state index in [9.17, 15) is 4.79 Å². The summed E-state index contributed by atoms with van der Waals surface area (Å²) in [4.78, 5) is 22.4. The average molecular weight is 409 g/mol. The highest BCUT2D eigenvalue weighted by molar-refractivity contribution is 7.14. The molecule has 0 aliphatic rings. The number of nitrogens with one attached hydrogen (secondary N) is 1. The van der Waals surface area contributed by atoms with Crippen molar-refractivity contribution in [2.45, 2.75) is 39.7 Å². The number of rotatable bonds is 5. The summed E-state index contributed by atoms with van der Waals surface area (Å²) in [6.45, 7) is 8.08. The van der Waals surface area contributed by atoms with Gasteiger partial charge in [-0.15, -0.1) is 11.3 Å². The molecule has 3 aromatic heterocycles. The van der Waals surface area contributed by atoms with E-state index in [1.165, 1.54) is 11.3 Å². The van der Waals surface area contributed by atoms with Gasteiger partial charge < -0.3 is 9.88 Å². The Morgan fingerprint density at radius 2 is 1.93 bits per heavy atom. The Bertz CT molecular complexity index is 1190. The zero-order valence-corrected chi connectivity index (χ0v) is 18.0. The number of aryl methyl sites for hydroxylation is 1. The molecule has 1 amide bonds. The molecule has 0 saturated carbocycles. The Labute approximate surface area is 173 Å². The fraction of sp³-hybridized carbons (Fsp3) is 0.333. The van der Waals surface area contributed by atoms with Crippen LogP contribution in [0.25, 0.3) is 22.3 Å². The van der Waals surface area contributed by atoms with E-state index in [4.69, 9.17) is 4.98 Å². The minimum Gasteiger partial charge on any atom is -0.315 e. The standard InChI is InChI=1S/C21H24N6OS/c1-12(2)19-23-16-8-6-7-9-18(16)27(19)14(4)20(28)25-21-24-17(11-29-21)15-10-22-26(5)13(15)3/h6-12,14H,1-5H3,(H,24,25,28). The highest BCUT2D eigenvalue weighted by Crippen LogP contribution is 2.29. The van der Waals surface area contributed by atoms with E-state index in [1.54, 1.807) is 6.20 Å². The van der Waals surface area contributed by atoms with Crippen molar-refractivity contribution in [1.29, 1.82) is 0 Å². The van der Waals surface area contributed by atoms with E-state index >= 15 is 0 Å². The van der Waals surface area contributed by atoms with Crippen LogP contribution in [0.2, 0.25) is 0 Å².